The summed E-state index contributed by atoms with van der Waals surface area (Å²) in [5, 5.41) is 14.3. The summed E-state index contributed by atoms with van der Waals surface area (Å²) in [4.78, 5) is 13.0. The average Bonchev–Trinajstić information content (AvgIpc) is 2.35. The highest BCUT2D eigenvalue weighted by atomic mass is 79.9. The van der Waals surface area contributed by atoms with E-state index in [2.05, 4.69) is 40.0 Å². The number of nitro groups is 1. The third kappa shape index (κ3) is 3.32. The van der Waals surface area contributed by atoms with Gasteiger partial charge < -0.3 is 5.32 Å². The number of halogens is 1. The number of piperazine rings is 1. The quantitative estimate of drug-likeness (QED) is 0.684. The lowest BCUT2D eigenvalue weighted by Crippen LogP contribution is -2.54. The normalized spacial score (nSPS) is 24.4. The zero-order chi connectivity index (χ0) is 14.0. The molecule has 2 rings (SSSR count). The number of rotatable bonds is 3. The van der Waals surface area contributed by atoms with Gasteiger partial charge in [-0.1, -0.05) is 6.07 Å². The molecule has 1 aromatic rings. The Balaban J connectivity index is 2.18. The molecular formula is C13H18BrN3O2. The Morgan fingerprint density at radius 1 is 1.42 bits per heavy atom. The molecule has 1 fully saturated rings. The van der Waals surface area contributed by atoms with E-state index in [0.29, 0.717) is 16.6 Å². The van der Waals surface area contributed by atoms with Gasteiger partial charge in [0.05, 0.1) is 9.40 Å². The molecule has 0 saturated carbocycles. The highest BCUT2D eigenvalue weighted by Crippen LogP contribution is 2.27. The molecule has 2 atom stereocenters. The summed E-state index contributed by atoms with van der Waals surface area (Å²) in [7, 11) is 0. The molecule has 0 amide bonds. The van der Waals surface area contributed by atoms with Gasteiger partial charge in [-0.05, 0) is 41.4 Å². The Bertz CT molecular complexity index is 471. The van der Waals surface area contributed by atoms with Crippen LogP contribution in [-0.2, 0) is 6.54 Å². The first kappa shape index (κ1) is 14.4. The first-order valence-electron chi connectivity index (χ1n) is 6.38. The van der Waals surface area contributed by atoms with Crippen LogP contribution >= 0.6 is 15.9 Å². The highest BCUT2D eigenvalue weighted by Gasteiger charge is 2.25. The third-order valence-corrected chi connectivity index (χ3v) is 4.25. The number of nitro benzene ring substituents is 1. The minimum atomic E-state index is -0.349. The van der Waals surface area contributed by atoms with E-state index in [4.69, 9.17) is 0 Å². The van der Waals surface area contributed by atoms with Crippen LogP contribution < -0.4 is 5.32 Å². The van der Waals surface area contributed by atoms with Crippen molar-refractivity contribution in [2.24, 2.45) is 0 Å². The van der Waals surface area contributed by atoms with Crippen molar-refractivity contribution in [3.63, 3.8) is 0 Å². The van der Waals surface area contributed by atoms with Gasteiger partial charge in [0.2, 0.25) is 0 Å². The van der Waals surface area contributed by atoms with Crippen LogP contribution in [0.1, 0.15) is 19.4 Å². The second-order valence-corrected chi connectivity index (χ2v) is 5.93. The molecule has 0 bridgehead atoms. The molecule has 1 aliphatic heterocycles. The van der Waals surface area contributed by atoms with Gasteiger partial charge in [0.1, 0.15) is 0 Å². The molecule has 2 unspecified atom stereocenters. The monoisotopic (exact) mass is 327 g/mol. The Morgan fingerprint density at radius 3 is 2.63 bits per heavy atom. The zero-order valence-electron chi connectivity index (χ0n) is 11.1. The van der Waals surface area contributed by atoms with Gasteiger partial charge >= 0.3 is 0 Å². The van der Waals surface area contributed by atoms with Crippen LogP contribution in [0.5, 0.6) is 0 Å². The van der Waals surface area contributed by atoms with Crippen LogP contribution in [-0.4, -0.2) is 35.0 Å². The van der Waals surface area contributed by atoms with Gasteiger partial charge in [0.25, 0.3) is 5.69 Å². The maximum atomic E-state index is 10.9. The van der Waals surface area contributed by atoms with Crippen molar-refractivity contribution in [2.45, 2.75) is 32.5 Å². The summed E-state index contributed by atoms with van der Waals surface area (Å²) < 4.78 is 0.530. The van der Waals surface area contributed by atoms with Crippen LogP contribution in [0.3, 0.4) is 0 Å². The largest absolute Gasteiger partial charge is 0.314 e. The molecule has 0 radical (unpaired) electrons. The fraction of sp³-hybridized carbons (Fsp3) is 0.538. The van der Waals surface area contributed by atoms with E-state index >= 15 is 0 Å². The molecule has 104 valence electrons. The molecule has 0 aromatic heterocycles. The van der Waals surface area contributed by atoms with Gasteiger partial charge in [0, 0.05) is 37.8 Å². The van der Waals surface area contributed by atoms with E-state index in [0.717, 1.165) is 25.2 Å². The van der Waals surface area contributed by atoms with E-state index in [1.807, 2.05) is 6.07 Å². The molecule has 1 N–H and O–H groups in total. The summed E-state index contributed by atoms with van der Waals surface area (Å²) in [5.74, 6) is 0. The van der Waals surface area contributed by atoms with E-state index < -0.39 is 0 Å². The maximum Gasteiger partial charge on any atom is 0.283 e. The smallest absolute Gasteiger partial charge is 0.283 e. The Morgan fingerprint density at radius 2 is 2.05 bits per heavy atom. The SMILES string of the molecule is CC1CNCC(C)N1Cc1ccc(Br)c([N+](=O)[O-])c1. The molecular weight excluding hydrogens is 310 g/mol. The predicted octanol–water partition coefficient (Wildman–Crippen LogP) is 2.54. The summed E-state index contributed by atoms with van der Waals surface area (Å²) >= 11 is 3.21. The van der Waals surface area contributed by atoms with Crippen LogP contribution in [0.4, 0.5) is 5.69 Å². The van der Waals surface area contributed by atoms with Crippen LogP contribution in [0.25, 0.3) is 0 Å². The van der Waals surface area contributed by atoms with E-state index in [-0.39, 0.29) is 10.6 Å². The van der Waals surface area contributed by atoms with Crippen molar-refractivity contribution in [1.82, 2.24) is 10.2 Å². The predicted molar refractivity (Wildman–Crippen MR) is 78.1 cm³/mol. The van der Waals surface area contributed by atoms with Crippen LogP contribution in [0.2, 0.25) is 0 Å². The lowest BCUT2D eigenvalue weighted by molar-refractivity contribution is -0.385. The first-order valence-corrected chi connectivity index (χ1v) is 7.17. The molecule has 19 heavy (non-hydrogen) atoms. The standard InChI is InChI=1S/C13H18BrN3O2/c1-9-6-15-7-10(2)16(9)8-11-3-4-12(14)13(5-11)17(18)19/h3-5,9-10,15H,6-8H2,1-2H3. The molecule has 0 spiro atoms. The van der Waals surface area contributed by atoms with Crippen molar-refractivity contribution >= 4 is 21.6 Å². The van der Waals surface area contributed by atoms with Gasteiger partial charge in [-0.3, -0.25) is 15.0 Å². The number of hydrogen-bond acceptors (Lipinski definition) is 4. The highest BCUT2D eigenvalue weighted by molar-refractivity contribution is 9.10. The number of nitrogens with zero attached hydrogens (tertiary/aromatic N) is 2. The fourth-order valence-electron chi connectivity index (χ4n) is 2.49. The average molecular weight is 328 g/mol. The number of nitrogens with one attached hydrogen (secondary N) is 1. The maximum absolute atomic E-state index is 10.9. The van der Waals surface area contributed by atoms with Crippen molar-refractivity contribution in [2.75, 3.05) is 13.1 Å². The second kappa shape index (κ2) is 5.98. The zero-order valence-corrected chi connectivity index (χ0v) is 12.7. The Hall–Kier alpha value is -0.980. The molecule has 5 nitrogen and oxygen atoms in total. The first-order chi connectivity index (χ1) is 8.99. The molecule has 1 aromatic carbocycles. The lowest BCUT2D eigenvalue weighted by atomic mass is 10.1. The topological polar surface area (TPSA) is 58.4 Å². The second-order valence-electron chi connectivity index (χ2n) is 5.07. The van der Waals surface area contributed by atoms with E-state index in [9.17, 15) is 10.1 Å². The summed E-state index contributed by atoms with van der Waals surface area (Å²) in [5.41, 5.74) is 1.11. The molecule has 0 aliphatic carbocycles. The fourth-order valence-corrected chi connectivity index (χ4v) is 2.88. The molecule has 1 heterocycles. The summed E-state index contributed by atoms with van der Waals surface area (Å²) in [6.07, 6.45) is 0. The van der Waals surface area contributed by atoms with Gasteiger partial charge in [-0.15, -0.1) is 0 Å². The van der Waals surface area contributed by atoms with Crippen LogP contribution in [0.15, 0.2) is 22.7 Å². The van der Waals surface area contributed by atoms with Crippen molar-refractivity contribution in [3.05, 3.63) is 38.3 Å². The molecule has 1 saturated heterocycles. The van der Waals surface area contributed by atoms with Gasteiger partial charge in [-0.2, -0.15) is 0 Å². The molecule has 6 heteroatoms. The van der Waals surface area contributed by atoms with E-state index in [1.54, 1.807) is 12.1 Å². The Labute approximate surface area is 121 Å². The van der Waals surface area contributed by atoms with Gasteiger partial charge in [-0.25, -0.2) is 0 Å². The van der Waals surface area contributed by atoms with Gasteiger partial charge in [0.15, 0.2) is 0 Å². The minimum absolute atomic E-state index is 0.132. The van der Waals surface area contributed by atoms with Crippen molar-refractivity contribution in [1.29, 1.82) is 0 Å². The molecule has 1 aliphatic rings. The third-order valence-electron chi connectivity index (χ3n) is 3.58. The minimum Gasteiger partial charge on any atom is -0.314 e. The number of benzene rings is 1. The lowest BCUT2D eigenvalue weighted by Gasteiger charge is -2.39. The van der Waals surface area contributed by atoms with Crippen molar-refractivity contribution in [3.8, 4) is 0 Å². The van der Waals surface area contributed by atoms with Crippen LogP contribution in [0, 0.1) is 10.1 Å². The summed E-state index contributed by atoms with van der Waals surface area (Å²) in [6.45, 7) is 7.02. The summed E-state index contributed by atoms with van der Waals surface area (Å²) in [6, 6.07) is 6.23. The van der Waals surface area contributed by atoms with E-state index in [1.165, 1.54) is 0 Å². The Kier molecular flexibility index (Phi) is 4.54. The van der Waals surface area contributed by atoms with Crippen molar-refractivity contribution < 1.29 is 4.92 Å². The number of hydrogen-bond donors (Lipinski definition) is 1.